The van der Waals surface area contributed by atoms with Crippen LogP contribution in [-0.4, -0.2) is 31.7 Å². The third-order valence-electron chi connectivity index (χ3n) is 3.47. The second-order valence-corrected chi connectivity index (χ2v) is 7.59. The first-order valence-corrected chi connectivity index (χ1v) is 10.2. The highest BCUT2D eigenvalue weighted by atomic mass is 127. The summed E-state index contributed by atoms with van der Waals surface area (Å²) in [4.78, 5) is 23.9. The third-order valence-corrected chi connectivity index (χ3v) is 5.01. The topological polar surface area (TPSA) is 89.0 Å². The molecule has 0 saturated carbocycles. The van der Waals surface area contributed by atoms with Crippen LogP contribution in [0.2, 0.25) is 10.0 Å². The average Bonchev–Trinajstić information content (AvgIpc) is 2.66. The zero-order chi connectivity index (χ0) is 21.4. The largest absolute Gasteiger partial charge is 0.493 e. The molecular formula is C19H18Cl2IN3O4. The predicted octanol–water partition coefficient (Wildman–Crippen LogP) is 4.48. The van der Waals surface area contributed by atoms with Crippen molar-refractivity contribution in [3.63, 3.8) is 0 Å². The van der Waals surface area contributed by atoms with E-state index in [0.717, 1.165) is 3.57 Å². The summed E-state index contributed by atoms with van der Waals surface area (Å²) in [5, 5.41) is 7.12. The fraction of sp³-hybridized carbons (Fsp3) is 0.211. The highest BCUT2D eigenvalue weighted by Gasteiger charge is 2.12. The number of nitrogens with zero attached hydrogens (tertiary/aromatic N) is 1. The summed E-state index contributed by atoms with van der Waals surface area (Å²) in [6.45, 7) is 2.40. The Bertz CT molecular complexity index is 938. The number of benzene rings is 2. The van der Waals surface area contributed by atoms with Crippen LogP contribution >= 0.6 is 45.8 Å². The molecule has 0 heterocycles. The summed E-state index contributed by atoms with van der Waals surface area (Å²) in [6, 6.07) is 8.21. The molecule has 2 aromatic carbocycles. The lowest BCUT2D eigenvalue weighted by molar-refractivity contribution is -0.126. The van der Waals surface area contributed by atoms with Gasteiger partial charge >= 0.3 is 0 Å². The zero-order valence-corrected chi connectivity index (χ0v) is 19.3. The Kier molecular flexibility index (Phi) is 8.99. The van der Waals surface area contributed by atoms with Crippen molar-refractivity contribution in [2.75, 3.05) is 19.0 Å². The van der Waals surface area contributed by atoms with Crippen molar-refractivity contribution in [3.05, 3.63) is 49.5 Å². The fourth-order valence-electron chi connectivity index (χ4n) is 2.24. The molecule has 0 aromatic heterocycles. The van der Waals surface area contributed by atoms with Gasteiger partial charge in [-0.25, -0.2) is 5.43 Å². The molecule has 0 atom stereocenters. The second kappa shape index (κ2) is 11.2. The number of nitrogens with one attached hydrogen (secondary N) is 2. The van der Waals surface area contributed by atoms with Gasteiger partial charge in [-0.15, -0.1) is 0 Å². The van der Waals surface area contributed by atoms with Crippen LogP contribution < -0.4 is 20.2 Å². The molecule has 0 aliphatic heterocycles. The van der Waals surface area contributed by atoms with Gasteiger partial charge in [0.25, 0.3) is 0 Å². The Morgan fingerprint density at radius 3 is 2.59 bits per heavy atom. The van der Waals surface area contributed by atoms with Gasteiger partial charge in [0.15, 0.2) is 11.5 Å². The van der Waals surface area contributed by atoms with Crippen molar-refractivity contribution in [1.82, 2.24) is 5.43 Å². The van der Waals surface area contributed by atoms with E-state index in [0.29, 0.717) is 39.4 Å². The summed E-state index contributed by atoms with van der Waals surface area (Å²) in [6.07, 6.45) is 1.05. The van der Waals surface area contributed by atoms with Gasteiger partial charge in [0.2, 0.25) is 11.8 Å². The van der Waals surface area contributed by atoms with Gasteiger partial charge in [-0.3, -0.25) is 9.59 Å². The summed E-state index contributed by atoms with van der Waals surface area (Å²) in [7, 11) is 1.54. The van der Waals surface area contributed by atoms with Crippen LogP contribution in [-0.2, 0) is 9.59 Å². The monoisotopic (exact) mass is 549 g/mol. The lowest BCUT2D eigenvalue weighted by Gasteiger charge is -2.12. The first kappa shape index (κ1) is 23.2. The van der Waals surface area contributed by atoms with Crippen LogP contribution in [0.25, 0.3) is 0 Å². The van der Waals surface area contributed by atoms with E-state index in [1.54, 1.807) is 25.3 Å². The first-order chi connectivity index (χ1) is 13.8. The Morgan fingerprint density at radius 1 is 1.17 bits per heavy atom. The molecule has 2 N–H and O–H groups in total. The number of hydrogen-bond acceptors (Lipinski definition) is 5. The lowest BCUT2D eigenvalue weighted by atomic mass is 10.2. The molecule has 0 saturated heterocycles. The van der Waals surface area contributed by atoms with Crippen LogP contribution in [0.5, 0.6) is 11.5 Å². The molecule has 0 unspecified atom stereocenters. The van der Waals surface area contributed by atoms with Gasteiger partial charge in [-0.1, -0.05) is 23.2 Å². The Balaban J connectivity index is 1.92. The average molecular weight is 550 g/mol. The Labute approximate surface area is 191 Å². The molecule has 154 valence electrons. The maximum absolute atomic E-state index is 11.9. The molecule has 2 aromatic rings. The van der Waals surface area contributed by atoms with E-state index >= 15 is 0 Å². The van der Waals surface area contributed by atoms with E-state index in [1.165, 1.54) is 12.3 Å². The minimum absolute atomic E-state index is 0.305. The maximum atomic E-state index is 11.9. The van der Waals surface area contributed by atoms with E-state index in [9.17, 15) is 9.59 Å². The minimum Gasteiger partial charge on any atom is -0.493 e. The van der Waals surface area contributed by atoms with E-state index in [-0.39, 0.29) is 0 Å². The van der Waals surface area contributed by atoms with E-state index in [1.807, 2.05) is 13.0 Å². The number of ether oxygens (including phenoxy) is 2. The number of carbonyl (C=O) groups is 2. The highest BCUT2D eigenvalue weighted by Crippen LogP contribution is 2.33. The standard InChI is InChI=1S/C19H18Cl2IN3O4/c1-3-29-19-15(22)6-11(7-16(19)28-2)10-23-25-18(27)9-17(26)24-12-4-5-13(20)14(21)8-12/h4-8,10H,3,9H2,1-2H3,(H,24,26)(H,25,27). The number of methoxy groups -OCH3 is 1. The molecule has 2 amide bonds. The van der Waals surface area contributed by atoms with Crippen molar-refractivity contribution in [2.24, 2.45) is 5.10 Å². The van der Waals surface area contributed by atoms with Crippen LogP contribution in [0.4, 0.5) is 5.69 Å². The number of halogens is 3. The molecule has 29 heavy (non-hydrogen) atoms. The van der Waals surface area contributed by atoms with Crippen LogP contribution in [0.3, 0.4) is 0 Å². The molecule has 2 rings (SSSR count). The number of carbonyl (C=O) groups excluding carboxylic acids is 2. The van der Waals surface area contributed by atoms with Gasteiger partial charge < -0.3 is 14.8 Å². The Hall–Kier alpha value is -2.04. The maximum Gasteiger partial charge on any atom is 0.249 e. The van der Waals surface area contributed by atoms with Crippen molar-refractivity contribution in [2.45, 2.75) is 13.3 Å². The molecule has 0 spiro atoms. The fourth-order valence-corrected chi connectivity index (χ4v) is 3.32. The lowest BCUT2D eigenvalue weighted by Crippen LogP contribution is -2.24. The Morgan fingerprint density at radius 2 is 1.93 bits per heavy atom. The SMILES string of the molecule is CCOc1c(I)cc(C=NNC(=O)CC(=O)Nc2ccc(Cl)c(Cl)c2)cc1OC. The molecule has 0 fully saturated rings. The van der Waals surface area contributed by atoms with Crippen LogP contribution in [0.1, 0.15) is 18.9 Å². The second-order valence-electron chi connectivity index (χ2n) is 5.61. The predicted molar refractivity (Wildman–Crippen MR) is 122 cm³/mol. The quantitative estimate of drug-likeness (QED) is 0.220. The first-order valence-electron chi connectivity index (χ1n) is 8.41. The molecule has 0 radical (unpaired) electrons. The van der Waals surface area contributed by atoms with E-state index < -0.39 is 18.2 Å². The summed E-state index contributed by atoms with van der Waals surface area (Å²) >= 11 is 13.8. The van der Waals surface area contributed by atoms with Crippen molar-refractivity contribution < 1.29 is 19.1 Å². The number of rotatable bonds is 8. The normalized spacial score (nSPS) is 10.7. The highest BCUT2D eigenvalue weighted by molar-refractivity contribution is 14.1. The number of hydrogen-bond donors (Lipinski definition) is 2. The minimum atomic E-state index is -0.564. The van der Waals surface area contributed by atoms with Gasteiger partial charge in [-0.2, -0.15) is 5.10 Å². The molecule has 7 nitrogen and oxygen atoms in total. The summed E-state index contributed by atoms with van der Waals surface area (Å²) < 4.78 is 11.7. The van der Waals surface area contributed by atoms with Gasteiger partial charge in [-0.05, 0) is 65.4 Å². The van der Waals surface area contributed by atoms with E-state index in [4.69, 9.17) is 32.7 Å². The molecule has 0 aliphatic rings. The van der Waals surface area contributed by atoms with Crippen molar-refractivity contribution >= 4 is 69.5 Å². The van der Waals surface area contributed by atoms with E-state index in [2.05, 4.69) is 38.4 Å². The van der Waals surface area contributed by atoms with Crippen LogP contribution in [0.15, 0.2) is 35.4 Å². The number of amides is 2. The van der Waals surface area contributed by atoms with Gasteiger partial charge in [0.05, 0.1) is 33.5 Å². The van der Waals surface area contributed by atoms with Gasteiger partial charge in [0.1, 0.15) is 6.42 Å². The molecule has 0 aliphatic carbocycles. The zero-order valence-electron chi connectivity index (χ0n) is 15.6. The molecule has 10 heteroatoms. The number of anilines is 1. The molecule has 0 bridgehead atoms. The van der Waals surface area contributed by atoms with Crippen LogP contribution in [0, 0.1) is 3.57 Å². The van der Waals surface area contributed by atoms with Gasteiger partial charge in [0, 0.05) is 5.69 Å². The smallest absolute Gasteiger partial charge is 0.249 e. The number of hydrazone groups is 1. The molecular weight excluding hydrogens is 532 g/mol. The van der Waals surface area contributed by atoms with Crippen molar-refractivity contribution in [3.8, 4) is 11.5 Å². The summed E-state index contributed by atoms with van der Waals surface area (Å²) in [5.41, 5.74) is 3.46. The summed E-state index contributed by atoms with van der Waals surface area (Å²) in [5.74, 6) is 0.142. The third kappa shape index (κ3) is 7.06. The van der Waals surface area contributed by atoms with Crippen molar-refractivity contribution in [1.29, 1.82) is 0 Å².